The van der Waals surface area contributed by atoms with Gasteiger partial charge in [-0.3, -0.25) is 0 Å². The number of hydrogen-bond donors (Lipinski definition) is 0. The predicted molar refractivity (Wildman–Crippen MR) is 223 cm³/mol. The van der Waals surface area contributed by atoms with E-state index in [0.717, 1.165) is 14.3 Å². The molecule has 2 aliphatic rings. The van der Waals surface area contributed by atoms with Gasteiger partial charge in [0.1, 0.15) is 0 Å². The van der Waals surface area contributed by atoms with Crippen LogP contribution in [0.3, 0.4) is 0 Å². The van der Waals surface area contributed by atoms with Crippen molar-refractivity contribution >= 4 is 26.3 Å². The molecule has 0 saturated carbocycles. The molecule has 2 aliphatic carbocycles. The third kappa shape index (κ3) is 5.71. The Bertz CT molecular complexity index is 2310. The molecule has 6 aromatic rings. The Hall–Kier alpha value is -3.61. The third-order valence-electron chi connectivity index (χ3n) is 11.5. The Morgan fingerprint density at radius 2 is 0.981 bits per heavy atom. The van der Waals surface area contributed by atoms with Crippen molar-refractivity contribution in [2.45, 2.75) is 59.6 Å². The average Bonchev–Trinajstić information content (AvgIpc) is 3.73. The molecule has 1 unspecified atom stereocenters. The van der Waals surface area contributed by atoms with Crippen LogP contribution in [0.1, 0.15) is 93.3 Å². The van der Waals surface area contributed by atoms with Gasteiger partial charge in [0.25, 0.3) is 0 Å². The zero-order valence-electron chi connectivity index (χ0n) is 30.9. The second-order valence-corrected chi connectivity index (χ2v) is 37.4. The molecule has 52 heavy (non-hydrogen) atoms. The van der Waals surface area contributed by atoms with Gasteiger partial charge in [-0.2, -0.15) is 0 Å². The summed E-state index contributed by atoms with van der Waals surface area (Å²) in [4.78, 5) is 0. The Kier molecular flexibility index (Phi) is 8.70. The van der Waals surface area contributed by atoms with Gasteiger partial charge >= 0.3 is 320 Å². The maximum absolute atomic E-state index is 9.14. The Balaban J connectivity index is 1.56. The van der Waals surface area contributed by atoms with Gasteiger partial charge in [-0.25, -0.2) is 0 Å². The van der Waals surface area contributed by atoms with Crippen molar-refractivity contribution in [3.05, 3.63) is 196 Å². The Morgan fingerprint density at radius 1 is 0.500 bits per heavy atom. The third-order valence-corrected chi connectivity index (χ3v) is 31.0. The molecule has 0 nitrogen and oxygen atoms in total. The number of halogens is 2. The maximum atomic E-state index is 9.14. The number of allylic oxidation sites excluding steroid dienone is 1. The van der Waals surface area contributed by atoms with Crippen LogP contribution in [0, 0.1) is 0 Å². The van der Waals surface area contributed by atoms with Crippen LogP contribution in [0.15, 0.2) is 152 Å². The van der Waals surface area contributed by atoms with Crippen molar-refractivity contribution in [3.63, 3.8) is 0 Å². The topological polar surface area (TPSA) is 0 Å². The van der Waals surface area contributed by atoms with E-state index in [1.807, 2.05) is 0 Å². The summed E-state index contributed by atoms with van der Waals surface area (Å²) in [7, 11) is 18.3. The van der Waals surface area contributed by atoms with Crippen LogP contribution in [-0.4, -0.2) is 3.21 Å². The minimum absolute atomic E-state index is 0.0509. The van der Waals surface area contributed by atoms with E-state index in [9.17, 15) is 0 Å². The van der Waals surface area contributed by atoms with E-state index in [4.69, 9.17) is 17.0 Å². The van der Waals surface area contributed by atoms with E-state index in [1.54, 1.807) is 0 Å². The van der Waals surface area contributed by atoms with Crippen LogP contribution < -0.4 is 0 Å². The molecule has 0 N–H and O–H groups in total. The van der Waals surface area contributed by atoms with Crippen molar-refractivity contribution in [1.82, 2.24) is 0 Å². The van der Waals surface area contributed by atoms with Gasteiger partial charge < -0.3 is 0 Å². The standard InChI is InChI=1S/C21H25.C15H11.C13H10.2ClH.Zr/c1-20(2,3)16-7-9-18-14(12-16)11-15-13-17(21(4,5)6)8-10-19(15)18;1-2-6-12(7-3-1)14-10-4-8-13-9-5-11-15(13)14;1-3-7-12(8-4-1)11-13-9-5-2-6-10-13;;;/h7-13H,1-6H3;1-11H;1-10H;2*1H;/q;;;;;+2/p-2. The first kappa shape index (κ1) is 35.4. The molecule has 0 fully saturated rings. The van der Waals surface area contributed by atoms with Gasteiger partial charge in [0, 0.05) is 0 Å². The quantitative estimate of drug-likeness (QED) is 0.163. The molecule has 8 rings (SSSR count). The number of rotatable bonds is 5. The van der Waals surface area contributed by atoms with E-state index >= 15 is 0 Å². The molecule has 260 valence electrons. The van der Waals surface area contributed by atoms with Crippen molar-refractivity contribution < 1.29 is 15.9 Å². The average molecular weight is 797 g/mol. The Morgan fingerprint density at radius 3 is 1.46 bits per heavy atom. The van der Waals surface area contributed by atoms with Gasteiger partial charge in [0.15, 0.2) is 0 Å². The van der Waals surface area contributed by atoms with E-state index in [0.29, 0.717) is 0 Å². The van der Waals surface area contributed by atoms with Crippen LogP contribution in [0.25, 0.3) is 28.3 Å². The fourth-order valence-corrected chi connectivity index (χ4v) is 29.4. The summed E-state index contributed by atoms with van der Waals surface area (Å²) in [5.74, 6) is 0. The SMILES string of the molecule is CC(C)(C)c1ccc2c(c1)[CH]([Zr]([Cl])([Cl])(=[C](c1ccccc1)c1ccccc1)[CH]1C=Cc3c(-c4ccccc4)cccc31)c1cc(C(C)(C)C)ccc1-2. The van der Waals surface area contributed by atoms with Crippen LogP contribution in [0.4, 0.5) is 0 Å². The van der Waals surface area contributed by atoms with Crippen LogP contribution in [0.2, 0.25) is 0 Å². The Labute approximate surface area is 317 Å². The molecule has 0 saturated heterocycles. The second kappa shape index (κ2) is 12.8. The number of fused-ring (bicyclic) bond motifs is 4. The zero-order chi connectivity index (χ0) is 36.5. The van der Waals surface area contributed by atoms with E-state index in [-0.39, 0.29) is 18.1 Å². The zero-order valence-corrected chi connectivity index (χ0v) is 34.9. The monoisotopic (exact) mass is 794 g/mol. The number of hydrogen-bond acceptors (Lipinski definition) is 0. The molecule has 6 aromatic carbocycles. The first-order valence-electron chi connectivity index (χ1n) is 18.5. The molecular weight excluding hydrogens is 751 g/mol. The van der Waals surface area contributed by atoms with Crippen molar-refractivity contribution in [2.24, 2.45) is 0 Å². The summed E-state index contributed by atoms with van der Waals surface area (Å²) in [6, 6.07) is 53.1. The van der Waals surface area contributed by atoms with E-state index in [2.05, 4.69) is 199 Å². The van der Waals surface area contributed by atoms with E-state index in [1.165, 1.54) is 55.6 Å². The van der Waals surface area contributed by atoms with Gasteiger partial charge in [0.05, 0.1) is 0 Å². The molecule has 0 spiro atoms. The molecule has 0 bridgehead atoms. The van der Waals surface area contributed by atoms with Crippen molar-refractivity contribution in [3.8, 4) is 22.3 Å². The number of benzene rings is 6. The van der Waals surface area contributed by atoms with Gasteiger partial charge in [-0.05, 0) is 0 Å². The summed E-state index contributed by atoms with van der Waals surface area (Å²) in [6.07, 6.45) is 4.68. The van der Waals surface area contributed by atoms with Crippen molar-refractivity contribution in [1.29, 1.82) is 0 Å². The summed E-state index contributed by atoms with van der Waals surface area (Å²) in [5.41, 5.74) is 14.5. The second-order valence-electron chi connectivity index (χ2n) is 16.8. The normalized spacial score (nSPS) is 15.7. The van der Waals surface area contributed by atoms with Gasteiger partial charge in [-0.1, -0.05) is 0 Å². The first-order valence-corrected chi connectivity index (χ1v) is 28.9. The van der Waals surface area contributed by atoms with Gasteiger partial charge in [0.2, 0.25) is 0 Å². The fraction of sp³-hybridized carbons (Fsp3) is 0.204. The summed E-state index contributed by atoms with van der Waals surface area (Å²) in [5, 5.41) is 0. The molecular formula is C49H46Cl2Zr. The van der Waals surface area contributed by atoms with Crippen LogP contribution in [0.5, 0.6) is 0 Å². The van der Waals surface area contributed by atoms with Crippen LogP contribution in [-0.2, 0) is 26.7 Å². The van der Waals surface area contributed by atoms with Crippen molar-refractivity contribution in [2.75, 3.05) is 0 Å². The molecule has 0 amide bonds. The molecule has 0 aromatic heterocycles. The molecule has 3 heteroatoms. The predicted octanol–water partition coefficient (Wildman–Crippen LogP) is 14.1. The first-order chi connectivity index (χ1) is 24.8. The van der Waals surface area contributed by atoms with Gasteiger partial charge in [-0.15, -0.1) is 0 Å². The molecule has 0 aliphatic heterocycles. The molecule has 1 atom stereocenters. The summed E-state index contributed by atoms with van der Waals surface area (Å²) in [6.45, 7) is 13.8. The van der Waals surface area contributed by atoms with Crippen LogP contribution >= 0.6 is 17.0 Å². The summed E-state index contributed by atoms with van der Waals surface area (Å²) >= 11 is -5.71. The fourth-order valence-electron chi connectivity index (χ4n) is 8.84. The molecule has 0 radical (unpaired) electrons. The molecule has 0 heterocycles. The summed E-state index contributed by atoms with van der Waals surface area (Å²) < 4.78 is 0.708. The minimum atomic E-state index is -5.71. The van der Waals surface area contributed by atoms with E-state index < -0.39 is 15.9 Å².